The van der Waals surface area contributed by atoms with Gasteiger partial charge >= 0.3 is 0 Å². The Hall–Kier alpha value is -1.36. The van der Waals surface area contributed by atoms with Crippen molar-refractivity contribution in [2.75, 3.05) is 24.8 Å². The lowest BCUT2D eigenvalue weighted by atomic mass is 9.87. The molecule has 1 atom stereocenters. The van der Waals surface area contributed by atoms with Crippen LogP contribution in [0.2, 0.25) is 0 Å². The lowest BCUT2D eigenvalue weighted by Gasteiger charge is -2.28. The van der Waals surface area contributed by atoms with E-state index in [2.05, 4.69) is 34.4 Å². The lowest BCUT2D eigenvalue weighted by Crippen LogP contribution is -2.31. The van der Waals surface area contributed by atoms with Crippen molar-refractivity contribution >= 4 is 11.6 Å². The van der Waals surface area contributed by atoms with E-state index in [9.17, 15) is 0 Å². The van der Waals surface area contributed by atoms with Crippen molar-refractivity contribution in [3.8, 4) is 0 Å². The minimum absolute atomic E-state index is 0.326. The highest BCUT2D eigenvalue weighted by Crippen LogP contribution is 2.38. The van der Waals surface area contributed by atoms with Gasteiger partial charge in [-0.25, -0.2) is 9.97 Å². The predicted molar refractivity (Wildman–Crippen MR) is 77.3 cm³/mol. The van der Waals surface area contributed by atoms with E-state index in [-0.39, 0.29) is 0 Å². The third kappa shape index (κ3) is 3.35. The van der Waals surface area contributed by atoms with Crippen LogP contribution in [0.3, 0.4) is 0 Å². The number of hydrogen-bond acceptors (Lipinski definition) is 5. The predicted octanol–water partition coefficient (Wildman–Crippen LogP) is 2.66. The molecule has 5 nitrogen and oxygen atoms in total. The third-order valence-electron chi connectivity index (χ3n) is 3.88. The summed E-state index contributed by atoms with van der Waals surface area (Å²) in [6.07, 6.45) is 3.74. The van der Waals surface area contributed by atoms with Gasteiger partial charge in [-0.05, 0) is 18.3 Å². The topological polar surface area (TPSA) is 59.1 Å². The van der Waals surface area contributed by atoms with Crippen molar-refractivity contribution in [1.29, 1.82) is 0 Å². The number of anilines is 2. The van der Waals surface area contributed by atoms with Crippen LogP contribution in [0.25, 0.3) is 0 Å². The van der Waals surface area contributed by atoms with Gasteiger partial charge in [0, 0.05) is 26.3 Å². The second-order valence-corrected chi connectivity index (χ2v) is 5.82. The van der Waals surface area contributed by atoms with Gasteiger partial charge in [-0.2, -0.15) is 0 Å². The van der Waals surface area contributed by atoms with Gasteiger partial charge in [0.2, 0.25) is 0 Å². The largest absolute Gasteiger partial charge is 0.377 e. The summed E-state index contributed by atoms with van der Waals surface area (Å²) in [6.45, 7) is 5.06. The van der Waals surface area contributed by atoms with Gasteiger partial charge in [0.1, 0.15) is 18.2 Å². The van der Waals surface area contributed by atoms with Gasteiger partial charge < -0.3 is 15.4 Å². The summed E-state index contributed by atoms with van der Waals surface area (Å²) < 4.78 is 5.11. The van der Waals surface area contributed by atoms with Crippen LogP contribution in [0.5, 0.6) is 0 Å². The highest BCUT2D eigenvalue weighted by atomic mass is 16.5. The Balaban J connectivity index is 2.17. The van der Waals surface area contributed by atoms with Crippen LogP contribution in [-0.2, 0) is 11.3 Å². The first-order valence-electron chi connectivity index (χ1n) is 6.86. The summed E-state index contributed by atoms with van der Waals surface area (Å²) in [4.78, 5) is 8.88. The molecule has 0 aliphatic heterocycles. The Morgan fingerprint density at radius 1 is 1.37 bits per heavy atom. The number of ether oxygens (including phenoxy) is 1. The Labute approximate surface area is 115 Å². The van der Waals surface area contributed by atoms with Crippen molar-refractivity contribution < 1.29 is 4.74 Å². The highest BCUT2D eigenvalue weighted by Gasteiger charge is 2.34. The van der Waals surface area contributed by atoms with Crippen LogP contribution < -0.4 is 10.6 Å². The molecule has 1 aromatic heterocycles. The van der Waals surface area contributed by atoms with Gasteiger partial charge in [0.05, 0.1) is 0 Å². The van der Waals surface area contributed by atoms with Gasteiger partial charge in [0.25, 0.3) is 0 Å². The van der Waals surface area contributed by atoms with E-state index in [1.54, 1.807) is 7.11 Å². The lowest BCUT2D eigenvalue weighted by molar-refractivity contribution is 0.178. The summed E-state index contributed by atoms with van der Waals surface area (Å²) in [7, 11) is 3.52. The van der Waals surface area contributed by atoms with Crippen LogP contribution in [0, 0.1) is 5.41 Å². The smallest absolute Gasteiger partial charge is 0.158 e. The SMILES string of the molecule is CNc1cc(NC2CCCC2(C)C)nc(COC)n1. The van der Waals surface area contributed by atoms with Crippen LogP contribution in [0.1, 0.15) is 38.9 Å². The van der Waals surface area contributed by atoms with Crippen molar-refractivity contribution in [2.45, 2.75) is 45.8 Å². The molecule has 2 rings (SSSR count). The molecule has 1 saturated carbocycles. The molecule has 0 aromatic carbocycles. The first kappa shape index (κ1) is 14.1. The summed E-state index contributed by atoms with van der Waals surface area (Å²) in [6, 6.07) is 2.43. The second kappa shape index (κ2) is 5.74. The number of rotatable bonds is 5. The number of nitrogens with one attached hydrogen (secondary N) is 2. The molecular formula is C14H24N4O. The molecule has 19 heavy (non-hydrogen) atoms. The number of hydrogen-bond donors (Lipinski definition) is 2. The fraction of sp³-hybridized carbons (Fsp3) is 0.714. The molecule has 5 heteroatoms. The van der Waals surface area contributed by atoms with Crippen LogP contribution >= 0.6 is 0 Å². The molecule has 1 heterocycles. The monoisotopic (exact) mass is 264 g/mol. The Morgan fingerprint density at radius 3 is 2.68 bits per heavy atom. The number of nitrogens with zero attached hydrogens (tertiary/aromatic N) is 2. The van der Waals surface area contributed by atoms with E-state index in [0.29, 0.717) is 23.9 Å². The van der Waals surface area contributed by atoms with Gasteiger partial charge in [-0.3, -0.25) is 0 Å². The van der Waals surface area contributed by atoms with E-state index in [1.807, 2.05) is 13.1 Å². The van der Waals surface area contributed by atoms with Gasteiger partial charge in [-0.15, -0.1) is 0 Å². The Morgan fingerprint density at radius 2 is 2.11 bits per heavy atom. The summed E-state index contributed by atoms with van der Waals surface area (Å²) in [5, 5.41) is 6.62. The molecule has 0 amide bonds. The quantitative estimate of drug-likeness (QED) is 0.856. The van der Waals surface area contributed by atoms with E-state index in [4.69, 9.17) is 4.74 Å². The fourth-order valence-corrected chi connectivity index (χ4v) is 2.67. The maximum Gasteiger partial charge on any atom is 0.158 e. The number of aromatic nitrogens is 2. The first-order valence-corrected chi connectivity index (χ1v) is 6.86. The van der Waals surface area contributed by atoms with Crippen LogP contribution in [0.4, 0.5) is 11.6 Å². The normalized spacial score (nSPS) is 21.4. The van der Waals surface area contributed by atoms with Crippen LogP contribution in [-0.4, -0.2) is 30.2 Å². The van der Waals surface area contributed by atoms with Crippen molar-refractivity contribution in [3.63, 3.8) is 0 Å². The maximum atomic E-state index is 5.11. The molecular weight excluding hydrogens is 240 g/mol. The summed E-state index contributed by atoms with van der Waals surface area (Å²) in [5.41, 5.74) is 0.326. The minimum Gasteiger partial charge on any atom is -0.377 e. The first-order chi connectivity index (χ1) is 9.05. The molecule has 2 N–H and O–H groups in total. The molecule has 1 aromatic rings. The standard InChI is InChI=1S/C14H24N4O/c1-14(2)7-5-6-10(14)16-12-8-11(15-3)17-13(18-12)9-19-4/h8,10H,5-7,9H2,1-4H3,(H2,15,16,17,18). The molecule has 0 bridgehead atoms. The Bertz CT molecular complexity index is 433. The van der Waals surface area contributed by atoms with E-state index in [0.717, 1.165) is 11.6 Å². The fourth-order valence-electron chi connectivity index (χ4n) is 2.67. The molecule has 0 radical (unpaired) electrons. The Kier molecular flexibility index (Phi) is 4.24. The summed E-state index contributed by atoms with van der Waals surface area (Å²) >= 11 is 0. The average molecular weight is 264 g/mol. The highest BCUT2D eigenvalue weighted by molar-refractivity contribution is 5.48. The molecule has 0 saturated heterocycles. The molecule has 1 aliphatic carbocycles. The molecule has 1 fully saturated rings. The zero-order chi connectivity index (χ0) is 13.9. The zero-order valence-electron chi connectivity index (χ0n) is 12.3. The number of methoxy groups -OCH3 is 1. The van der Waals surface area contributed by atoms with E-state index < -0.39 is 0 Å². The molecule has 1 unspecified atom stereocenters. The zero-order valence-corrected chi connectivity index (χ0v) is 12.3. The molecule has 0 spiro atoms. The van der Waals surface area contributed by atoms with Crippen molar-refractivity contribution in [3.05, 3.63) is 11.9 Å². The van der Waals surface area contributed by atoms with Crippen molar-refractivity contribution in [1.82, 2.24) is 9.97 Å². The molecule has 106 valence electrons. The van der Waals surface area contributed by atoms with Gasteiger partial charge in [0.15, 0.2) is 5.82 Å². The molecule has 1 aliphatic rings. The van der Waals surface area contributed by atoms with Crippen molar-refractivity contribution in [2.24, 2.45) is 5.41 Å². The third-order valence-corrected chi connectivity index (χ3v) is 3.88. The van der Waals surface area contributed by atoms with Gasteiger partial charge in [-0.1, -0.05) is 20.3 Å². The van der Waals surface area contributed by atoms with E-state index in [1.165, 1.54) is 19.3 Å². The minimum atomic E-state index is 0.326. The van der Waals surface area contributed by atoms with Crippen LogP contribution in [0.15, 0.2) is 6.07 Å². The second-order valence-electron chi connectivity index (χ2n) is 5.82. The van der Waals surface area contributed by atoms with E-state index >= 15 is 0 Å². The average Bonchev–Trinajstić information content (AvgIpc) is 2.69. The maximum absolute atomic E-state index is 5.11. The summed E-state index contributed by atoms with van der Waals surface area (Å²) in [5.74, 6) is 2.40.